The van der Waals surface area contributed by atoms with E-state index in [0.717, 1.165) is 35.5 Å². The van der Waals surface area contributed by atoms with Crippen LogP contribution in [0.25, 0.3) is 10.2 Å². The van der Waals surface area contributed by atoms with Gasteiger partial charge < -0.3 is 15.3 Å². The molecule has 2 N–H and O–H groups in total. The molecule has 0 saturated carbocycles. The molecule has 0 aromatic carbocycles. The predicted molar refractivity (Wildman–Crippen MR) is 79.0 cm³/mol. The molecule has 2 aromatic rings. The molecule has 1 aliphatic heterocycles. The maximum atomic E-state index is 9.72. The molecule has 3 rings (SSSR count). The zero-order valence-electron chi connectivity index (χ0n) is 11.1. The number of hydrogen-bond donors (Lipinski definition) is 2. The van der Waals surface area contributed by atoms with Crippen LogP contribution < -0.4 is 10.2 Å². The van der Waals surface area contributed by atoms with E-state index in [2.05, 4.69) is 26.3 Å². The molecule has 0 spiro atoms. The average molecular weight is 278 g/mol. The zero-order valence-corrected chi connectivity index (χ0v) is 11.9. The van der Waals surface area contributed by atoms with Crippen LogP contribution in [0.5, 0.6) is 0 Å². The van der Waals surface area contributed by atoms with Crippen LogP contribution in [0.4, 0.5) is 11.8 Å². The topological polar surface area (TPSA) is 61.3 Å². The van der Waals surface area contributed by atoms with Gasteiger partial charge in [-0.05, 0) is 24.8 Å². The summed E-state index contributed by atoms with van der Waals surface area (Å²) in [6, 6.07) is 2.07. The van der Waals surface area contributed by atoms with Crippen LogP contribution in [0, 0.1) is 5.92 Å². The number of aliphatic hydroxyl groups is 1. The number of aromatic nitrogens is 2. The number of rotatable bonds is 3. The van der Waals surface area contributed by atoms with Crippen molar-refractivity contribution < 1.29 is 5.11 Å². The lowest BCUT2D eigenvalue weighted by molar-refractivity contribution is 0.136. The average Bonchev–Trinajstić information content (AvgIpc) is 3.06. The molecule has 1 aliphatic rings. The summed E-state index contributed by atoms with van der Waals surface area (Å²) in [5, 5.41) is 15.9. The van der Waals surface area contributed by atoms with E-state index in [1.807, 2.05) is 19.4 Å². The summed E-state index contributed by atoms with van der Waals surface area (Å²) in [5.41, 5.74) is 0. The second-order valence-corrected chi connectivity index (χ2v) is 5.89. The summed E-state index contributed by atoms with van der Waals surface area (Å²) < 4.78 is 0. The van der Waals surface area contributed by atoms with Gasteiger partial charge in [-0.2, -0.15) is 4.98 Å². The molecule has 3 heterocycles. The number of aliphatic hydroxyl groups excluding tert-OH is 1. The number of thiophene rings is 1. The molecule has 102 valence electrons. The fraction of sp³-hybridized carbons (Fsp3) is 0.538. The van der Waals surface area contributed by atoms with Crippen LogP contribution in [-0.4, -0.2) is 41.3 Å². The summed E-state index contributed by atoms with van der Waals surface area (Å²) in [6.45, 7) is 3.68. The van der Waals surface area contributed by atoms with Gasteiger partial charge in [0.25, 0.3) is 0 Å². The van der Waals surface area contributed by atoms with Gasteiger partial charge in [-0.15, -0.1) is 11.3 Å². The SMILES string of the molecule is CNc1nc(N2CCC(C(C)O)C2)c2ccsc2n1. The van der Waals surface area contributed by atoms with Gasteiger partial charge in [0.2, 0.25) is 5.95 Å². The van der Waals surface area contributed by atoms with E-state index in [1.165, 1.54) is 0 Å². The summed E-state index contributed by atoms with van der Waals surface area (Å²) in [5.74, 6) is 1.98. The van der Waals surface area contributed by atoms with Gasteiger partial charge in [0, 0.05) is 26.1 Å². The number of anilines is 2. The standard InChI is InChI=1S/C13H18N4OS/c1-8(18)9-3-5-17(7-9)11-10-4-6-19-12(10)16-13(14-2)15-11/h4,6,8-9,18H,3,5,7H2,1-2H3,(H,14,15,16). The highest BCUT2D eigenvalue weighted by Crippen LogP contribution is 2.32. The van der Waals surface area contributed by atoms with Crippen molar-refractivity contribution in [2.24, 2.45) is 5.92 Å². The van der Waals surface area contributed by atoms with Crippen molar-refractivity contribution in [3.8, 4) is 0 Å². The van der Waals surface area contributed by atoms with Crippen molar-refractivity contribution in [3.05, 3.63) is 11.4 Å². The molecule has 19 heavy (non-hydrogen) atoms. The lowest BCUT2D eigenvalue weighted by atomic mass is 10.0. The maximum absolute atomic E-state index is 9.72. The Kier molecular flexibility index (Phi) is 3.28. The highest BCUT2D eigenvalue weighted by atomic mass is 32.1. The molecule has 0 radical (unpaired) electrons. The molecule has 2 atom stereocenters. The van der Waals surface area contributed by atoms with Crippen LogP contribution in [0.1, 0.15) is 13.3 Å². The number of nitrogens with one attached hydrogen (secondary N) is 1. The Morgan fingerprint density at radius 2 is 2.37 bits per heavy atom. The first kappa shape index (κ1) is 12.6. The van der Waals surface area contributed by atoms with Crippen LogP contribution >= 0.6 is 11.3 Å². The normalized spacial score (nSPS) is 21.0. The Morgan fingerprint density at radius 1 is 1.53 bits per heavy atom. The van der Waals surface area contributed by atoms with Gasteiger partial charge in [0.15, 0.2) is 0 Å². The highest BCUT2D eigenvalue weighted by Gasteiger charge is 2.28. The smallest absolute Gasteiger partial charge is 0.225 e. The Labute approximate surface area is 116 Å². The van der Waals surface area contributed by atoms with E-state index in [9.17, 15) is 5.11 Å². The third-order valence-corrected chi connectivity index (χ3v) is 4.54. The summed E-state index contributed by atoms with van der Waals surface area (Å²) in [7, 11) is 1.83. The van der Waals surface area contributed by atoms with E-state index in [0.29, 0.717) is 11.9 Å². The molecule has 2 aromatic heterocycles. The second-order valence-electron chi connectivity index (χ2n) is 5.00. The van der Waals surface area contributed by atoms with E-state index < -0.39 is 0 Å². The fourth-order valence-electron chi connectivity index (χ4n) is 2.57. The molecule has 0 aliphatic carbocycles. The predicted octanol–water partition coefficient (Wildman–Crippen LogP) is 1.94. The summed E-state index contributed by atoms with van der Waals surface area (Å²) in [6.07, 6.45) is 0.760. The van der Waals surface area contributed by atoms with Crippen molar-refractivity contribution in [2.45, 2.75) is 19.4 Å². The second kappa shape index (κ2) is 4.94. The van der Waals surface area contributed by atoms with E-state index >= 15 is 0 Å². The van der Waals surface area contributed by atoms with Gasteiger partial charge in [-0.3, -0.25) is 0 Å². The lowest BCUT2D eigenvalue weighted by Crippen LogP contribution is -2.25. The van der Waals surface area contributed by atoms with Crippen molar-refractivity contribution >= 4 is 33.3 Å². The molecule has 2 unspecified atom stereocenters. The maximum Gasteiger partial charge on any atom is 0.225 e. The van der Waals surface area contributed by atoms with Crippen molar-refractivity contribution in [1.29, 1.82) is 0 Å². The first-order chi connectivity index (χ1) is 9.19. The van der Waals surface area contributed by atoms with E-state index in [4.69, 9.17) is 0 Å². The Bertz CT molecular complexity index is 583. The number of nitrogens with zero attached hydrogens (tertiary/aromatic N) is 3. The highest BCUT2D eigenvalue weighted by molar-refractivity contribution is 7.16. The number of fused-ring (bicyclic) bond motifs is 1. The first-order valence-corrected chi connectivity index (χ1v) is 7.43. The Balaban J connectivity index is 1.98. The largest absolute Gasteiger partial charge is 0.393 e. The van der Waals surface area contributed by atoms with Crippen LogP contribution in [-0.2, 0) is 0 Å². The van der Waals surface area contributed by atoms with Gasteiger partial charge >= 0.3 is 0 Å². The Morgan fingerprint density at radius 3 is 3.05 bits per heavy atom. The van der Waals surface area contributed by atoms with Crippen LogP contribution in [0.2, 0.25) is 0 Å². The van der Waals surface area contributed by atoms with Gasteiger partial charge in [0.05, 0.1) is 11.5 Å². The fourth-order valence-corrected chi connectivity index (χ4v) is 3.32. The zero-order chi connectivity index (χ0) is 13.4. The minimum Gasteiger partial charge on any atom is -0.393 e. The number of hydrogen-bond acceptors (Lipinski definition) is 6. The van der Waals surface area contributed by atoms with Gasteiger partial charge in [-0.1, -0.05) is 0 Å². The van der Waals surface area contributed by atoms with Crippen LogP contribution in [0.3, 0.4) is 0 Å². The summed E-state index contributed by atoms with van der Waals surface area (Å²) in [4.78, 5) is 12.3. The quantitative estimate of drug-likeness (QED) is 0.898. The third kappa shape index (κ3) is 2.26. The molecular weight excluding hydrogens is 260 g/mol. The van der Waals surface area contributed by atoms with Crippen molar-refractivity contribution in [3.63, 3.8) is 0 Å². The third-order valence-electron chi connectivity index (χ3n) is 3.74. The Hall–Kier alpha value is -1.40. The molecule has 5 nitrogen and oxygen atoms in total. The van der Waals surface area contributed by atoms with E-state index in [1.54, 1.807) is 11.3 Å². The van der Waals surface area contributed by atoms with E-state index in [-0.39, 0.29) is 6.10 Å². The monoisotopic (exact) mass is 278 g/mol. The lowest BCUT2D eigenvalue weighted by Gasteiger charge is -2.19. The minimum absolute atomic E-state index is 0.256. The molecule has 6 heteroatoms. The molecular formula is C13H18N4OS. The first-order valence-electron chi connectivity index (χ1n) is 6.55. The molecule has 0 bridgehead atoms. The molecule has 0 amide bonds. The van der Waals surface area contributed by atoms with Crippen molar-refractivity contribution in [2.75, 3.05) is 30.4 Å². The van der Waals surface area contributed by atoms with Gasteiger partial charge in [0.1, 0.15) is 10.6 Å². The van der Waals surface area contributed by atoms with Gasteiger partial charge in [-0.25, -0.2) is 4.98 Å². The van der Waals surface area contributed by atoms with Crippen LogP contribution in [0.15, 0.2) is 11.4 Å². The molecule has 1 fully saturated rings. The van der Waals surface area contributed by atoms with Crippen molar-refractivity contribution in [1.82, 2.24) is 9.97 Å². The summed E-state index contributed by atoms with van der Waals surface area (Å²) >= 11 is 1.63. The minimum atomic E-state index is -0.256. The molecule has 1 saturated heterocycles.